The highest BCUT2D eigenvalue weighted by Gasteiger charge is 2.22. The molecule has 0 aliphatic heterocycles. The lowest BCUT2D eigenvalue weighted by Crippen LogP contribution is -2.24. The molecule has 0 bridgehead atoms. The molecule has 1 aromatic heterocycles. The van der Waals surface area contributed by atoms with Gasteiger partial charge >= 0.3 is 5.97 Å². The van der Waals surface area contributed by atoms with Crippen LogP contribution in [0.1, 0.15) is 66.8 Å². The lowest BCUT2D eigenvalue weighted by atomic mass is 9.87. The largest absolute Gasteiger partial charge is 0.496 e. The number of aromatic nitrogens is 1. The molecule has 0 saturated heterocycles. The fraction of sp³-hybridized carbons (Fsp3) is 0.393. The van der Waals surface area contributed by atoms with E-state index >= 15 is 0 Å². The van der Waals surface area contributed by atoms with E-state index in [9.17, 15) is 14.7 Å². The van der Waals surface area contributed by atoms with Crippen LogP contribution in [-0.2, 0) is 11.2 Å². The first kappa shape index (κ1) is 26.8. The molecule has 1 amide bonds. The van der Waals surface area contributed by atoms with E-state index in [2.05, 4.69) is 37.1 Å². The van der Waals surface area contributed by atoms with Crippen molar-refractivity contribution in [2.75, 3.05) is 19.5 Å². The molecule has 1 aliphatic carbocycles. The van der Waals surface area contributed by atoms with E-state index in [4.69, 9.17) is 15.2 Å². The number of anilines is 1. The van der Waals surface area contributed by atoms with Crippen molar-refractivity contribution in [2.45, 2.75) is 53.0 Å². The van der Waals surface area contributed by atoms with Crippen molar-refractivity contribution < 1.29 is 24.2 Å². The maximum Gasteiger partial charge on any atom is 0.339 e. The van der Waals surface area contributed by atoms with Crippen LogP contribution in [0.5, 0.6) is 11.5 Å². The first-order valence-electron chi connectivity index (χ1n) is 12.0. The molecule has 1 unspecified atom stereocenters. The third-order valence-electron chi connectivity index (χ3n) is 6.02. The van der Waals surface area contributed by atoms with E-state index in [-0.39, 0.29) is 22.7 Å². The van der Waals surface area contributed by atoms with Crippen LogP contribution in [0.4, 0.5) is 5.69 Å². The van der Waals surface area contributed by atoms with Gasteiger partial charge in [-0.1, -0.05) is 39.0 Å². The number of fused-ring (bicyclic) bond motifs is 2. The van der Waals surface area contributed by atoms with E-state index in [1.54, 1.807) is 26.2 Å². The van der Waals surface area contributed by atoms with Gasteiger partial charge < -0.3 is 25.6 Å². The van der Waals surface area contributed by atoms with Crippen molar-refractivity contribution in [2.24, 2.45) is 5.41 Å². The van der Waals surface area contributed by atoms with Crippen molar-refractivity contribution >= 4 is 29.0 Å². The van der Waals surface area contributed by atoms with E-state index in [0.717, 1.165) is 31.4 Å². The summed E-state index contributed by atoms with van der Waals surface area (Å²) in [5.74, 6) is 0.421. The second-order valence-corrected chi connectivity index (χ2v) is 10.0. The summed E-state index contributed by atoms with van der Waals surface area (Å²) in [4.78, 5) is 26.2. The Bertz CT molecular complexity index is 1250. The number of nitrogen functional groups attached to an aromatic ring is 1. The zero-order chi connectivity index (χ0) is 26.5. The monoisotopic (exact) mass is 493 g/mol. The number of ether oxygens (including phenoxy) is 2. The third-order valence-corrected chi connectivity index (χ3v) is 6.02. The smallest absolute Gasteiger partial charge is 0.339 e. The molecule has 3 aromatic rings. The van der Waals surface area contributed by atoms with Gasteiger partial charge in [-0.2, -0.15) is 0 Å². The number of benzene rings is 2. The Hall–Kier alpha value is -3.81. The van der Waals surface area contributed by atoms with Gasteiger partial charge in [0.1, 0.15) is 17.1 Å². The first-order valence-corrected chi connectivity index (χ1v) is 12.0. The Kier molecular flexibility index (Phi) is 8.40. The molecule has 0 spiro atoms. The van der Waals surface area contributed by atoms with Gasteiger partial charge in [-0.3, -0.25) is 9.78 Å². The van der Waals surface area contributed by atoms with Crippen LogP contribution in [0.15, 0.2) is 36.4 Å². The minimum atomic E-state index is -1.08. The quantitative estimate of drug-likeness (QED) is 0.410. The average molecular weight is 494 g/mol. The molecule has 0 radical (unpaired) electrons. The maximum atomic E-state index is 11.4. The number of hydrogen-bond donors (Lipinski definition) is 3. The fourth-order valence-electron chi connectivity index (χ4n) is 4.39. The molecule has 192 valence electrons. The van der Waals surface area contributed by atoms with Gasteiger partial charge in [-0.25, -0.2) is 4.79 Å². The number of aromatic carboxylic acids is 1. The predicted molar refractivity (Wildman–Crippen MR) is 141 cm³/mol. The number of nitrogens with zero attached hydrogens (tertiary/aromatic N) is 1. The highest BCUT2D eigenvalue weighted by molar-refractivity contribution is 6.06. The zero-order valence-electron chi connectivity index (χ0n) is 21.6. The number of amides is 1. The van der Waals surface area contributed by atoms with E-state index in [1.165, 1.54) is 11.1 Å². The number of methoxy groups -OCH3 is 1. The Balaban J connectivity index is 0.000000212. The summed E-state index contributed by atoms with van der Waals surface area (Å²) in [5, 5.41) is 12.7. The van der Waals surface area contributed by atoms with Crippen molar-refractivity contribution in [3.8, 4) is 11.5 Å². The minimum Gasteiger partial charge on any atom is -0.496 e. The number of carbonyl (C=O) groups excluding carboxylic acids is 1. The summed E-state index contributed by atoms with van der Waals surface area (Å²) in [7, 11) is 1.69. The summed E-state index contributed by atoms with van der Waals surface area (Å²) < 4.78 is 11.1. The third kappa shape index (κ3) is 6.05. The Morgan fingerprint density at radius 2 is 1.92 bits per heavy atom. The van der Waals surface area contributed by atoms with Crippen LogP contribution in [-0.4, -0.2) is 36.2 Å². The highest BCUT2D eigenvalue weighted by atomic mass is 16.5. The van der Waals surface area contributed by atoms with Gasteiger partial charge in [0, 0.05) is 0 Å². The van der Waals surface area contributed by atoms with Crippen molar-refractivity contribution in [1.82, 2.24) is 10.3 Å². The van der Waals surface area contributed by atoms with E-state index < -0.39 is 5.97 Å². The van der Waals surface area contributed by atoms with E-state index in [0.29, 0.717) is 29.0 Å². The SMILES string of the molecule is COc1cccc2c1CCCC2NC=O.Cc1nc2cccc(OCC(C)(C)C)c2c(N)c1C(=O)O. The summed E-state index contributed by atoms with van der Waals surface area (Å²) >= 11 is 0. The predicted octanol–water partition coefficient (Wildman–Crippen LogP) is 5.07. The number of nitrogens with one attached hydrogen (secondary N) is 1. The van der Waals surface area contributed by atoms with Crippen molar-refractivity contribution in [3.63, 3.8) is 0 Å². The minimum absolute atomic E-state index is 0.00925. The number of rotatable bonds is 6. The van der Waals surface area contributed by atoms with Gasteiger partial charge in [-0.15, -0.1) is 0 Å². The topological polar surface area (TPSA) is 124 Å². The average Bonchev–Trinajstić information content (AvgIpc) is 2.82. The number of carbonyl (C=O) groups is 2. The molecule has 0 saturated carbocycles. The van der Waals surface area contributed by atoms with Crippen LogP contribution in [0.25, 0.3) is 10.9 Å². The summed E-state index contributed by atoms with van der Waals surface area (Å²) in [6.45, 7) is 8.33. The number of pyridine rings is 1. The summed E-state index contributed by atoms with van der Waals surface area (Å²) in [6, 6.07) is 11.6. The first-order chi connectivity index (χ1) is 17.1. The Labute approximate surface area is 211 Å². The second kappa shape index (κ2) is 11.3. The van der Waals surface area contributed by atoms with Gasteiger partial charge in [0.25, 0.3) is 0 Å². The normalized spacial score (nSPS) is 14.8. The van der Waals surface area contributed by atoms with Gasteiger partial charge in [0.2, 0.25) is 6.41 Å². The Morgan fingerprint density at radius 3 is 2.56 bits per heavy atom. The number of carboxylic acids is 1. The zero-order valence-corrected chi connectivity index (χ0v) is 21.6. The lowest BCUT2D eigenvalue weighted by molar-refractivity contribution is -0.110. The lowest BCUT2D eigenvalue weighted by Gasteiger charge is -2.26. The van der Waals surface area contributed by atoms with Gasteiger partial charge in [0.05, 0.1) is 42.0 Å². The molecule has 1 aliphatic rings. The summed E-state index contributed by atoms with van der Waals surface area (Å²) in [6.07, 6.45) is 3.92. The summed E-state index contributed by atoms with van der Waals surface area (Å²) in [5.41, 5.74) is 9.78. The molecule has 8 nitrogen and oxygen atoms in total. The van der Waals surface area contributed by atoms with Crippen molar-refractivity contribution in [3.05, 3.63) is 58.8 Å². The van der Waals surface area contributed by atoms with Crippen LogP contribution >= 0.6 is 0 Å². The highest BCUT2D eigenvalue weighted by Crippen LogP contribution is 2.35. The molecular weight excluding hydrogens is 458 g/mol. The molecule has 8 heteroatoms. The fourth-order valence-corrected chi connectivity index (χ4v) is 4.39. The molecule has 4 N–H and O–H groups in total. The van der Waals surface area contributed by atoms with Crippen LogP contribution in [0.2, 0.25) is 0 Å². The van der Waals surface area contributed by atoms with Crippen LogP contribution in [0.3, 0.4) is 0 Å². The van der Waals surface area contributed by atoms with Gasteiger partial charge in [-0.05, 0) is 60.9 Å². The van der Waals surface area contributed by atoms with E-state index in [1.807, 2.05) is 18.2 Å². The molecule has 36 heavy (non-hydrogen) atoms. The second-order valence-electron chi connectivity index (χ2n) is 10.0. The number of carboxylic acid groups (broad SMARTS) is 1. The Morgan fingerprint density at radius 1 is 1.22 bits per heavy atom. The van der Waals surface area contributed by atoms with Gasteiger partial charge in [0.15, 0.2) is 0 Å². The molecule has 0 fully saturated rings. The maximum absolute atomic E-state index is 11.4. The number of aryl methyl sites for hydroxylation is 1. The molecule has 1 heterocycles. The number of nitrogens with two attached hydrogens (primary N) is 1. The van der Waals surface area contributed by atoms with Crippen LogP contribution < -0.4 is 20.5 Å². The standard InChI is InChI=1S/C16H20N2O3.C12H15NO2/c1-9-12(15(19)20)14(17)13-10(18-9)6-5-7-11(13)21-8-16(2,3)4;1-15-12-7-3-4-9-10(12)5-2-6-11(9)13-8-14/h5-7H,8H2,1-4H3,(H2,17,18)(H,19,20);3-4,7-8,11H,2,5-6H2,1H3,(H,13,14). The molecule has 2 aromatic carbocycles. The molecular formula is C28H35N3O5. The van der Waals surface area contributed by atoms with Crippen molar-refractivity contribution in [1.29, 1.82) is 0 Å². The number of hydrogen-bond acceptors (Lipinski definition) is 6. The van der Waals surface area contributed by atoms with Crippen LogP contribution in [0, 0.1) is 12.3 Å². The molecule has 1 atom stereocenters. The molecule has 4 rings (SSSR count).